The molecule has 0 heterocycles. The second-order valence-corrected chi connectivity index (χ2v) is 3.98. The molecule has 1 fully saturated rings. The molecule has 1 aliphatic carbocycles. The van der Waals surface area contributed by atoms with Crippen LogP contribution < -0.4 is 5.73 Å². The van der Waals surface area contributed by atoms with Crippen molar-refractivity contribution in [3.8, 4) is 0 Å². The summed E-state index contributed by atoms with van der Waals surface area (Å²) in [5.74, 6) is 0. The van der Waals surface area contributed by atoms with E-state index in [9.17, 15) is 13.2 Å². The van der Waals surface area contributed by atoms with E-state index < -0.39 is 11.6 Å². The van der Waals surface area contributed by atoms with E-state index in [2.05, 4.69) is 0 Å². The van der Waals surface area contributed by atoms with E-state index in [1.54, 1.807) is 24.3 Å². The Hall–Kier alpha value is -1.03. The van der Waals surface area contributed by atoms with Crippen molar-refractivity contribution in [2.75, 3.05) is 0 Å². The topological polar surface area (TPSA) is 26.0 Å². The van der Waals surface area contributed by atoms with Crippen LogP contribution in [0, 0.1) is 0 Å². The van der Waals surface area contributed by atoms with Crippen LogP contribution in [0.3, 0.4) is 0 Å². The maximum atomic E-state index is 12.8. The van der Waals surface area contributed by atoms with Gasteiger partial charge in [0.15, 0.2) is 0 Å². The fourth-order valence-electron chi connectivity index (χ4n) is 1.86. The fourth-order valence-corrected chi connectivity index (χ4v) is 1.86. The van der Waals surface area contributed by atoms with Crippen molar-refractivity contribution >= 4 is 0 Å². The van der Waals surface area contributed by atoms with Crippen LogP contribution >= 0.6 is 0 Å². The van der Waals surface area contributed by atoms with Crippen molar-refractivity contribution in [3.63, 3.8) is 0 Å². The number of hydrogen-bond donors (Lipinski definition) is 1. The number of hydrogen-bond acceptors (Lipinski definition) is 1. The summed E-state index contributed by atoms with van der Waals surface area (Å²) >= 11 is 0. The summed E-state index contributed by atoms with van der Waals surface area (Å²) in [4.78, 5) is 0. The first-order valence-electron chi connectivity index (χ1n) is 4.86. The summed E-state index contributed by atoms with van der Waals surface area (Å²) in [6.45, 7) is 0.280. The quantitative estimate of drug-likeness (QED) is 0.806. The summed E-state index contributed by atoms with van der Waals surface area (Å²) in [5, 5.41) is 0. The van der Waals surface area contributed by atoms with Crippen molar-refractivity contribution in [3.05, 3.63) is 35.4 Å². The second-order valence-electron chi connectivity index (χ2n) is 3.98. The number of halogens is 3. The minimum absolute atomic E-state index is 0.199. The van der Waals surface area contributed by atoms with Crippen LogP contribution in [0.5, 0.6) is 0 Å². The molecule has 2 N–H and O–H groups in total. The molecule has 1 aromatic rings. The van der Waals surface area contributed by atoms with E-state index >= 15 is 0 Å². The molecule has 0 radical (unpaired) electrons. The van der Waals surface area contributed by atoms with Crippen molar-refractivity contribution in [1.82, 2.24) is 0 Å². The third-order valence-corrected chi connectivity index (χ3v) is 3.01. The van der Waals surface area contributed by atoms with Gasteiger partial charge in [-0.05, 0) is 24.0 Å². The van der Waals surface area contributed by atoms with Crippen LogP contribution in [-0.4, -0.2) is 6.18 Å². The lowest BCUT2D eigenvalue weighted by atomic mass is 9.94. The lowest BCUT2D eigenvalue weighted by molar-refractivity contribution is -0.160. The molecule has 1 aliphatic rings. The average molecular weight is 215 g/mol. The third-order valence-electron chi connectivity index (χ3n) is 3.01. The molecule has 0 spiro atoms. The van der Waals surface area contributed by atoms with E-state index in [0.717, 1.165) is 5.56 Å². The molecular weight excluding hydrogens is 203 g/mol. The number of rotatable bonds is 2. The largest absolute Gasteiger partial charge is 0.398 e. The van der Waals surface area contributed by atoms with Gasteiger partial charge in [0, 0.05) is 6.54 Å². The number of alkyl halides is 3. The molecule has 0 amide bonds. The summed E-state index contributed by atoms with van der Waals surface area (Å²) in [6, 6.07) is 6.50. The first-order chi connectivity index (χ1) is 6.99. The summed E-state index contributed by atoms with van der Waals surface area (Å²) in [7, 11) is 0. The van der Waals surface area contributed by atoms with Crippen LogP contribution in [0.25, 0.3) is 0 Å². The van der Waals surface area contributed by atoms with Gasteiger partial charge in [0.05, 0.1) is 5.41 Å². The predicted octanol–water partition coefficient (Wildman–Crippen LogP) is 2.74. The van der Waals surface area contributed by atoms with Gasteiger partial charge < -0.3 is 5.73 Å². The molecule has 2 rings (SSSR count). The van der Waals surface area contributed by atoms with Gasteiger partial charge in [-0.15, -0.1) is 0 Å². The molecule has 0 saturated heterocycles. The molecule has 1 nitrogen and oxygen atoms in total. The minimum Gasteiger partial charge on any atom is -0.326 e. The Morgan fingerprint density at radius 2 is 1.93 bits per heavy atom. The van der Waals surface area contributed by atoms with Crippen LogP contribution in [0.2, 0.25) is 0 Å². The van der Waals surface area contributed by atoms with E-state index in [4.69, 9.17) is 5.73 Å². The lowest BCUT2D eigenvalue weighted by Crippen LogP contribution is -2.28. The van der Waals surface area contributed by atoms with Crippen LogP contribution in [-0.2, 0) is 12.0 Å². The zero-order valence-corrected chi connectivity index (χ0v) is 8.14. The first kappa shape index (κ1) is 10.5. The zero-order chi connectivity index (χ0) is 11.1. The molecule has 1 saturated carbocycles. The zero-order valence-electron chi connectivity index (χ0n) is 8.14. The highest BCUT2D eigenvalue weighted by Gasteiger charge is 2.64. The maximum absolute atomic E-state index is 12.8. The molecule has 0 aromatic heterocycles. The predicted molar refractivity (Wildman–Crippen MR) is 51.3 cm³/mol. The van der Waals surface area contributed by atoms with Gasteiger partial charge in [-0.3, -0.25) is 0 Å². The van der Waals surface area contributed by atoms with Gasteiger partial charge in [0.1, 0.15) is 0 Å². The summed E-state index contributed by atoms with van der Waals surface area (Å²) in [5.41, 5.74) is 4.94. The SMILES string of the molecule is NCc1cccc(C2(C(F)(F)F)CC2)c1. The number of benzene rings is 1. The van der Waals surface area contributed by atoms with Gasteiger partial charge >= 0.3 is 6.18 Å². The minimum atomic E-state index is -4.14. The Morgan fingerprint density at radius 1 is 1.27 bits per heavy atom. The fraction of sp³-hybridized carbons (Fsp3) is 0.455. The standard InChI is InChI=1S/C11H12F3N/c12-11(13,14)10(4-5-10)9-3-1-2-8(6-9)7-15/h1-3,6H,4-5,7,15H2. The Kier molecular flexibility index (Phi) is 2.26. The molecule has 0 bridgehead atoms. The molecule has 82 valence electrons. The average Bonchev–Trinajstić information content (AvgIpc) is 2.97. The van der Waals surface area contributed by atoms with Gasteiger partial charge in [0.25, 0.3) is 0 Å². The highest BCUT2D eigenvalue weighted by molar-refractivity contribution is 5.36. The highest BCUT2D eigenvalue weighted by atomic mass is 19.4. The second kappa shape index (κ2) is 3.23. The van der Waals surface area contributed by atoms with E-state index in [-0.39, 0.29) is 19.4 Å². The van der Waals surface area contributed by atoms with Crippen LogP contribution in [0.1, 0.15) is 24.0 Å². The Balaban J connectivity index is 2.38. The van der Waals surface area contributed by atoms with Gasteiger partial charge in [0.2, 0.25) is 0 Å². The Morgan fingerprint density at radius 3 is 2.40 bits per heavy atom. The summed E-state index contributed by atoms with van der Waals surface area (Å²) < 4.78 is 38.4. The molecule has 0 atom stereocenters. The van der Waals surface area contributed by atoms with Crippen molar-refractivity contribution in [2.45, 2.75) is 31.0 Å². The smallest absolute Gasteiger partial charge is 0.326 e. The number of nitrogens with two attached hydrogens (primary N) is 1. The monoisotopic (exact) mass is 215 g/mol. The molecule has 4 heteroatoms. The summed E-state index contributed by atoms with van der Waals surface area (Å²) in [6.07, 6.45) is -3.74. The highest BCUT2D eigenvalue weighted by Crippen LogP contribution is 2.58. The van der Waals surface area contributed by atoms with E-state index in [1.165, 1.54) is 0 Å². The van der Waals surface area contributed by atoms with E-state index in [1.807, 2.05) is 0 Å². The molecule has 0 aliphatic heterocycles. The third kappa shape index (κ3) is 1.63. The lowest BCUT2D eigenvalue weighted by Gasteiger charge is -2.20. The Bertz CT molecular complexity index is 366. The van der Waals surface area contributed by atoms with Crippen molar-refractivity contribution < 1.29 is 13.2 Å². The molecule has 0 unspecified atom stereocenters. The molecular formula is C11H12F3N. The van der Waals surface area contributed by atoms with Crippen LogP contribution in [0.15, 0.2) is 24.3 Å². The Labute approximate surface area is 86.1 Å². The van der Waals surface area contributed by atoms with Crippen LogP contribution in [0.4, 0.5) is 13.2 Å². The van der Waals surface area contributed by atoms with Crippen molar-refractivity contribution in [1.29, 1.82) is 0 Å². The molecule has 15 heavy (non-hydrogen) atoms. The van der Waals surface area contributed by atoms with E-state index in [0.29, 0.717) is 5.56 Å². The van der Waals surface area contributed by atoms with Gasteiger partial charge in [-0.1, -0.05) is 24.3 Å². The van der Waals surface area contributed by atoms with Gasteiger partial charge in [-0.25, -0.2) is 0 Å². The van der Waals surface area contributed by atoms with Crippen molar-refractivity contribution in [2.24, 2.45) is 5.73 Å². The normalized spacial score (nSPS) is 18.9. The maximum Gasteiger partial charge on any atom is 0.398 e. The first-order valence-corrected chi connectivity index (χ1v) is 4.86. The molecule has 1 aromatic carbocycles. The van der Waals surface area contributed by atoms with Gasteiger partial charge in [-0.2, -0.15) is 13.2 Å².